The van der Waals surface area contributed by atoms with Gasteiger partial charge in [0, 0.05) is 45.1 Å². The molecule has 0 saturated carbocycles. The van der Waals surface area contributed by atoms with Crippen molar-refractivity contribution in [2.75, 3.05) is 26.2 Å². The van der Waals surface area contributed by atoms with E-state index in [1.165, 1.54) is 12.8 Å². The van der Waals surface area contributed by atoms with Gasteiger partial charge >= 0.3 is 0 Å². The molecule has 4 nitrogen and oxygen atoms in total. The van der Waals surface area contributed by atoms with Gasteiger partial charge in [0.15, 0.2) is 0 Å². The van der Waals surface area contributed by atoms with Gasteiger partial charge in [-0.05, 0) is 29.9 Å². The summed E-state index contributed by atoms with van der Waals surface area (Å²) in [6.45, 7) is 11.6. The molecule has 1 aromatic rings. The molecule has 2 aliphatic rings. The Morgan fingerprint density at radius 1 is 1.38 bits per heavy atom. The summed E-state index contributed by atoms with van der Waals surface area (Å²) in [6, 6.07) is 4.00. The summed E-state index contributed by atoms with van der Waals surface area (Å²) in [4.78, 5) is 22.0. The third-order valence-corrected chi connectivity index (χ3v) is 6.29. The van der Waals surface area contributed by atoms with Gasteiger partial charge in [-0.2, -0.15) is 0 Å². The van der Waals surface area contributed by atoms with Crippen LogP contribution in [0, 0.1) is 17.3 Å². The normalized spacial score (nSPS) is 27.8. The second-order valence-corrected chi connectivity index (χ2v) is 7.77. The number of likely N-dealkylation sites (tertiary alicyclic amines) is 2. The highest BCUT2D eigenvalue weighted by Crippen LogP contribution is 2.45. The van der Waals surface area contributed by atoms with Crippen LogP contribution in [-0.2, 0) is 11.3 Å². The molecular weight excluding hydrogens is 298 g/mol. The maximum atomic E-state index is 13.2. The Balaban J connectivity index is 1.67. The molecule has 2 aliphatic heterocycles. The molecule has 3 rings (SSSR count). The lowest BCUT2D eigenvalue weighted by Gasteiger charge is -2.27. The van der Waals surface area contributed by atoms with Gasteiger partial charge in [0.25, 0.3) is 0 Å². The third-order valence-electron chi connectivity index (χ3n) is 6.29. The molecule has 0 aromatic carbocycles. The van der Waals surface area contributed by atoms with E-state index in [-0.39, 0.29) is 5.41 Å². The highest BCUT2D eigenvalue weighted by molar-refractivity contribution is 5.86. The van der Waals surface area contributed by atoms with E-state index < -0.39 is 0 Å². The third kappa shape index (κ3) is 3.21. The molecule has 3 heterocycles. The number of carbonyl (C=O) groups excluding carboxylic acids is 1. The Morgan fingerprint density at radius 3 is 2.83 bits per heavy atom. The van der Waals surface area contributed by atoms with Crippen LogP contribution in [0.5, 0.6) is 0 Å². The molecule has 0 aliphatic carbocycles. The van der Waals surface area contributed by atoms with Gasteiger partial charge in [-0.25, -0.2) is 0 Å². The van der Waals surface area contributed by atoms with E-state index in [0.717, 1.165) is 44.1 Å². The Labute approximate surface area is 146 Å². The first-order chi connectivity index (χ1) is 11.6. The van der Waals surface area contributed by atoms with Crippen molar-refractivity contribution < 1.29 is 4.79 Å². The van der Waals surface area contributed by atoms with E-state index in [4.69, 9.17) is 0 Å². The fraction of sp³-hybridized carbons (Fsp3) is 0.700. The minimum absolute atomic E-state index is 0.145. The van der Waals surface area contributed by atoms with E-state index in [9.17, 15) is 4.79 Å². The second-order valence-electron chi connectivity index (χ2n) is 7.77. The predicted molar refractivity (Wildman–Crippen MR) is 96.4 cm³/mol. The molecule has 1 aromatic heterocycles. The zero-order chi connectivity index (χ0) is 17.2. The largest absolute Gasteiger partial charge is 0.338 e. The maximum Gasteiger partial charge on any atom is 0.230 e. The smallest absolute Gasteiger partial charge is 0.230 e. The lowest BCUT2D eigenvalue weighted by Crippen LogP contribution is -2.39. The molecule has 2 fully saturated rings. The predicted octanol–water partition coefficient (Wildman–Crippen LogP) is 3.19. The average molecular weight is 329 g/mol. The fourth-order valence-electron chi connectivity index (χ4n) is 4.56. The summed E-state index contributed by atoms with van der Waals surface area (Å²) in [5.74, 6) is 1.58. The number of aromatic nitrogens is 1. The molecule has 1 amide bonds. The number of rotatable bonds is 6. The number of nitrogens with zero attached hydrogens (tertiary/aromatic N) is 3. The van der Waals surface area contributed by atoms with Gasteiger partial charge in [0.05, 0.1) is 5.41 Å². The molecule has 2 saturated heterocycles. The van der Waals surface area contributed by atoms with E-state index in [1.54, 1.807) is 6.20 Å². The molecule has 4 heteroatoms. The fourth-order valence-corrected chi connectivity index (χ4v) is 4.56. The Bertz CT molecular complexity index is 557. The molecule has 24 heavy (non-hydrogen) atoms. The highest BCUT2D eigenvalue weighted by atomic mass is 16.2. The van der Waals surface area contributed by atoms with Crippen LogP contribution in [0.1, 0.15) is 45.6 Å². The Morgan fingerprint density at radius 2 is 2.17 bits per heavy atom. The minimum Gasteiger partial charge on any atom is -0.338 e. The average Bonchev–Trinajstić information content (AvgIpc) is 3.08. The zero-order valence-corrected chi connectivity index (χ0v) is 15.4. The van der Waals surface area contributed by atoms with Crippen molar-refractivity contribution in [3.8, 4) is 0 Å². The molecule has 0 N–H and O–H groups in total. The summed E-state index contributed by atoms with van der Waals surface area (Å²) in [7, 11) is 0. The van der Waals surface area contributed by atoms with Crippen molar-refractivity contribution in [1.82, 2.24) is 14.8 Å². The Kier molecular flexibility index (Phi) is 5.24. The van der Waals surface area contributed by atoms with Gasteiger partial charge in [-0.1, -0.05) is 39.7 Å². The van der Waals surface area contributed by atoms with Crippen LogP contribution >= 0.6 is 0 Å². The van der Waals surface area contributed by atoms with Gasteiger partial charge in [-0.15, -0.1) is 0 Å². The summed E-state index contributed by atoms with van der Waals surface area (Å²) in [5, 5.41) is 0. The topological polar surface area (TPSA) is 36.4 Å². The Hall–Kier alpha value is -1.42. The second kappa shape index (κ2) is 7.22. The van der Waals surface area contributed by atoms with Crippen LogP contribution in [0.25, 0.3) is 0 Å². The van der Waals surface area contributed by atoms with E-state index in [2.05, 4.69) is 36.7 Å². The van der Waals surface area contributed by atoms with Crippen molar-refractivity contribution in [3.63, 3.8) is 0 Å². The van der Waals surface area contributed by atoms with Crippen LogP contribution in [0.3, 0.4) is 0 Å². The van der Waals surface area contributed by atoms with Crippen molar-refractivity contribution in [3.05, 3.63) is 30.1 Å². The van der Waals surface area contributed by atoms with Crippen molar-refractivity contribution in [2.45, 2.75) is 46.6 Å². The van der Waals surface area contributed by atoms with Gasteiger partial charge in [0.1, 0.15) is 0 Å². The number of pyridine rings is 1. The zero-order valence-electron chi connectivity index (χ0n) is 15.4. The molecule has 2 atom stereocenters. The maximum absolute atomic E-state index is 13.2. The van der Waals surface area contributed by atoms with Gasteiger partial charge in [-0.3, -0.25) is 9.78 Å². The van der Waals surface area contributed by atoms with E-state index in [1.807, 2.05) is 17.2 Å². The van der Waals surface area contributed by atoms with Crippen LogP contribution in [0.4, 0.5) is 0 Å². The van der Waals surface area contributed by atoms with E-state index in [0.29, 0.717) is 18.4 Å². The van der Waals surface area contributed by atoms with Crippen molar-refractivity contribution >= 4 is 5.91 Å². The summed E-state index contributed by atoms with van der Waals surface area (Å²) in [6.07, 6.45) is 7.12. The highest BCUT2D eigenvalue weighted by Gasteiger charge is 2.54. The van der Waals surface area contributed by atoms with E-state index >= 15 is 0 Å². The van der Waals surface area contributed by atoms with Crippen molar-refractivity contribution in [2.24, 2.45) is 17.3 Å². The standard InChI is InChI=1S/C20H31N3O/c1-4-17(5-2)13-22-12-16(3)20(15-22)8-10-23(19(20)24)14-18-7-6-9-21-11-18/h6-7,9,11,16-17H,4-5,8,10,12-15H2,1-3H3/t16-,20-/m1/s1. The number of hydrogen-bond donors (Lipinski definition) is 0. The molecule has 1 spiro atoms. The SMILES string of the molecule is CCC(CC)CN1C[C@@H](C)[C@@]2(CCN(Cc3cccnc3)C2=O)C1. The van der Waals surface area contributed by atoms with Crippen molar-refractivity contribution in [1.29, 1.82) is 0 Å². The van der Waals surface area contributed by atoms with Crippen LogP contribution in [0.2, 0.25) is 0 Å². The lowest BCUT2D eigenvalue weighted by atomic mass is 9.78. The first-order valence-electron chi connectivity index (χ1n) is 9.49. The quantitative estimate of drug-likeness (QED) is 0.804. The van der Waals surface area contributed by atoms with Crippen LogP contribution in [-0.4, -0.2) is 46.9 Å². The number of amides is 1. The summed E-state index contributed by atoms with van der Waals surface area (Å²) >= 11 is 0. The molecule has 0 bridgehead atoms. The lowest BCUT2D eigenvalue weighted by molar-refractivity contribution is -0.137. The van der Waals surface area contributed by atoms with Gasteiger partial charge < -0.3 is 9.80 Å². The van der Waals surface area contributed by atoms with Crippen LogP contribution in [0.15, 0.2) is 24.5 Å². The minimum atomic E-state index is -0.145. The number of carbonyl (C=O) groups is 1. The monoisotopic (exact) mass is 329 g/mol. The van der Waals surface area contributed by atoms with Gasteiger partial charge in [0.2, 0.25) is 5.91 Å². The molecule has 132 valence electrons. The molecular formula is C20H31N3O. The molecule has 0 unspecified atom stereocenters. The summed E-state index contributed by atoms with van der Waals surface area (Å²) in [5.41, 5.74) is 0.983. The number of hydrogen-bond acceptors (Lipinski definition) is 3. The van der Waals surface area contributed by atoms with Crippen LogP contribution < -0.4 is 0 Å². The molecule has 0 radical (unpaired) electrons. The summed E-state index contributed by atoms with van der Waals surface area (Å²) < 4.78 is 0. The first kappa shape index (κ1) is 17.4. The first-order valence-corrected chi connectivity index (χ1v) is 9.49.